The van der Waals surface area contributed by atoms with Gasteiger partial charge in [0, 0.05) is 25.5 Å². The van der Waals surface area contributed by atoms with Crippen molar-refractivity contribution in [3.8, 4) is 0 Å². The fraction of sp³-hybridized carbons (Fsp3) is 0.467. The molecule has 0 aliphatic heterocycles. The number of hydrogen-bond donors (Lipinski definition) is 3. The van der Waals surface area contributed by atoms with E-state index in [0.29, 0.717) is 5.69 Å². The number of carbonyl (C=O) groups is 2. The molecule has 0 heterocycles. The van der Waals surface area contributed by atoms with Gasteiger partial charge in [0.05, 0.1) is 12.6 Å². The number of hydrogen-bond acceptors (Lipinski definition) is 4. The van der Waals surface area contributed by atoms with E-state index in [0.717, 1.165) is 5.69 Å². The van der Waals surface area contributed by atoms with Gasteiger partial charge in [0.25, 0.3) is 0 Å². The first-order valence-electron chi connectivity index (χ1n) is 6.91. The predicted molar refractivity (Wildman–Crippen MR) is 85.2 cm³/mol. The molecular formula is C15H24N4O2. The third-order valence-electron chi connectivity index (χ3n) is 3.09. The van der Waals surface area contributed by atoms with Crippen molar-refractivity contribution < 1.29 is 9.59 Å². The van der Waals surface area contributed by atoms with Crippen molar-refractivity contribution in [1.82, 2.24) is 5.32 Å². The van der Waals surface area contributed by atoms with Crippen molar-refractivity contribution >= 4 is 23.2 Å². The van der Waals surface area contributed by atoms with E-state index in [-0.39, 0.29) is 24.3 Å². The number of carbonyl (C=O) groups excluding carboxylic acids is 2. The lowest BCUT2D eigenvalue weighted by Crippen LogP contribution is -2.46. The summed E-state index contributed by atoms with van der Waals surface area (Å²) in [6.07, 6.45) is 0. The van der Waals surface area contributed by atoms with Crippen molar-refractivity contribution in [1.29, 1.82) is 0 Å². The molecule has 21 heavy (non-hydrogen) atoms. The highest BCUT2D eigenvalue weighted by Gasteiger charge is 2.17. The van der Waals surface area contributed by atoms with Crippen LogP contribution in [0, 0.1) is 5.92 Å². The Morgan fingerprint density at radius 3 is 2.52 bits per heavy atom. The van der Waals surface area contributed by atoms with Crippen molar-refractivity contribution in [3.05, 3.63) is 24.3 Å². The maximum absolute atomic E-state index is 11.8. The van der Waals surface area contributed by atoms with Crippen molar-refractivity contribution in [2.45, 2.75) is 19.9 Å². The molecule has 1 aromatic rings. The Bertz CT molecular complexity index is 500. The summed E-state index contributed by atoms with van der Waals surface area (Å²) in [7, 11) is 3.85. The number of benzene rings is 1. The van der Waals surface area contributed by atoms with Crippen LogP contribution in [0.15, 0.2) is 24.3 Å². The third kappa shape index (κ3) is 5.43. The molecule has 0 fully saturated rings. The van der Waals surface area contributed by atoms with Gasteiger partial charge in [-0.15, -0.1) is 0 Å². The molecule has 0 saturated carbocycles. The maximum Gasteiger partial charge on any atom is 0.243 e. The Hall–Kier alpha value is -2.08. The van der Waals surface area contributed by atoms with E-state index in [9.17, 15) is 9.59 Å². The van der Waals surface area contributed by atoms with E-state index in [1.165, 1.54) is 0 Å². The molecule has 1 rings (SSSR count). The molecule has 0 aliphatic rings. The molecular weight excluding hydrogens is 268 g/mol. The Morgan fingerprint density at radius 2 is 1.95 bits per heavy atom. The van der Waals surface area contributed by atoms with E-state index in [1.54, 1.807) is 6.07 Å². The Morgan fingerprint density at radius 1 is 1.29 bits per heavy atom. The molecule has 6 heteroatoms. The molecule has 0 radical (unpaired) electrons. The van der Waals surface area contributed by atoms with E-state index < -0.39 is 6.04 Å². The Kier molecular flexibility index (Phi) is 6.17. The zero-order chi connectivity index (χ0) is 16.0. The summed E-state index contributed by atoms with van der Waals surface area (Å²) < 4.78 is 0. The summed E-state index contributed by atoms with van der Waals surface area (Å²) in [6, 6.07) is 6.86. The standard InChI is InChI=1S/C15H24N4O2/c1-10(2)14(16)15(21)17-9-13(20)18-11-6-5-7-12(8-11)19(3)4/h5-8,10,14H,9,16H2,1-4H3,(H,17,21)(H,18,20)/t14-/m0/s1. The average Bonchev–Trinajstić information content (AvgIpc) is 2.44. The number of anilines is 2. The first-order chi connectivity index (χ1) is 9.81. The lowest BCUT2D eigenvalue weighted by atomic mass is 10.1. The number of rotatable bonds is 6. The zero-order valence-electron chi connectivity index (χ0n) is 13.0. The summed E-state index contributed by atoms with van der Waals surface area (Å²) in [5, 5.41) is 5.27. The molecule has 1 aromatic carbocycles. The fourth-order valence-corrected chi connectivity index (χ4v) is 1.66. The van der Waals surface area contributed by atoms with Crippen LogP contribution in [0.3, 0.4) is 0 Å². The minimum atomic E-state index is -0.602. The Balaban J connectivity index is 2.51. The molecule has 0 aliphatic carbocycles. The molecule has 116 valence electrons. The summed E-state index contributed by atoms with van der Waals surface area (Å²) in [4.78, 5) is 25.4. The van der Waals surface area contributed by atoms with Crippen LogP contribution in [0.4, 0.5) is 11.4 Å². The lowest BCUT2D eigenvalue weighted by Gasteiger charge is -2.16. The monoisotopic (exact) mass is 292 g/mol. The molecule has 0 spiro atoms. The normalized spacial score (nSPS) is 11.9. The van der Waals surface area contributed by atoms with Crippen molar-refractivity contribution in [3.63, 3.8) is 0 Å². The lowest BCUT2D eigenvalue weighted by molar-refractivity contribution is -0.125. The summed E-state index contributed by atoms with van der Waals surface area (Å²) in [6.45, 7) is 3.62. The first kappa shape index (κ1) is 17.0. The first-order valence-corrected chi connectivity index (χ1v) is 6.91. The van der Waals surface area contributed by atoms with Crippen molar-refractivity contribution in [2.24, 2.45) is 11.7 Å². The molecule has 1 atom stereocenters. The van der Waals surface area contributed by atoms with Crippen LogP contribution >= 0.6 is 0 Å². The number of amides is 2. The molecule has 4 N–H and O–H groups in total. The van der Waals surface area contributed by atoms with E-state index in [4.69, 9.17) is 5.73 Å². The van der Waals surface area contributed by atoms with Crippen LogP contribution in [0.5, 0.6) is 0 Å². The van der Waals surface area contributed by atoms with Crippen molar-refractivity contribution in [2.75, 3.05) is 30.9 Å². The summed E-state index contributed by atoms with van der Waals surface area (Å²) in [5.41, 5.74) is 7.38. The Labute approximate surface area is 125 Å². The van der Waals surface area contributed by atoms with Crippen LogP contribution in [0.1, 0.15) is 13.8 Å². The fourth-order valence-electron chi connectivity index (χ4n) is 1.66. The van der Waals surface area contributed by atoms with Crippen LogP contribution in [0.2, 0.25) is 0 Å². The van der Waals surface area contributed by atoms with Gasteiger partial charge in [-0.05, 0) is 24.1 Å². The smallest absolute Gasteiger partial charge is 0.243 e. The second kappa shape index (κ2) is 7.64. The molecule has 0 saturated heterocycles. The molecule has 0 bridgehead atoms. The van der Waals surface area contributed by atoms with Crippen LogP contribution < -0.4 is 21.3 Å². The average molecular weight is 292 g/mol. The van der Waals surface area contributed by atoms with Gasteiger partial charge in [-0.25, -0.2) is 0 Å². The second-order valence-electron chi connectivity index (χ2n) is 5.48. The quantitative estimate of drug-likeness (QED) is 0.723. The minimum absolute atomic E-state index is 0.0323. The highest BCUT2D eigenvalue weighted by atomic mass is 16.2. The minimum Gasteiger partial charge on any atom is -0.378 e. The van der Waals surface area contributed by atoms with Crippen LogP contribution in [-0.2, 0) is 9.59 Å². The molecule has 6 nitrogen and oxygen atoms in total. The number of nitrogens with zero attached hydrogens (tertiary/aromatic N) is 1. The van der Waals surface area contributed by atoms with Crippen LogP contribution in [-0.4, -0.2) is 38.5 Å². The van der Waals surface area contributed by atoms with Crippen LogP contribution in [0.25, 0.3) is 0 Å². The van der Waals surface area contributed by atoms with Gasteiger partial charge in [-0.3, -0.25) is 9.59 Å². The van der Waals surface area contributed by atoms with Gasteiger partial charge < -0.3 is 21.3 Å². The van der Waals surface area contributed by atoms with E-state index >= 15 is 0 Å². The number of nitrogens with one attached hydrogen (secondary N) is 2. The van der Waals surface area contributed by atoms with Gasteiger partial charge in [-0.1, -0.05) is 19.9 Å². The number of nitrogens with two attached hydrogens (primary N) is 1. The topological polar surface area (TPSA) is 87.5 Å². The van der Waals surface area contributed by atoms with Gasteiger partial charge in [0.15, 0.2) is 0 Å². The third-order valence-corrected chi connectivity index (χ3v) is 3.09. The summed E-state index contributed by atoms with van der Waals surface area (Å²) in [5.74, 6) is -0.567. The van der Waals surface area contributed by atoms with Gasteiger partial charge in [0.2, 0.25) is 11.8 Å². The van der Waals surface area contributed by atoms with Gasteiger partial charge in [-0.2, -0.15) is 0 Å². The van der Waals surface area contributed by atoms with Gasteiger partial charge >= 0.3 is 0 Å². The molecule has 2 amide bonds. The van der Waals surface area contributed by atoms with E-state index in [1.807, 2.05) is 51.0 Å². The van der Waals surface area contributed by atoms with Gasteiger partial charge in [0.1, 0.15) is 0 Å². The predicted octanol–water partition coefficient (Wildman–Crippen LogP) is 0.791. The van der Waals surface area contributed by atoms with E-state index in [2.05, 4.69) is 10.6 Å². The largest absolute Gasteiger partial charge is 0.378 e. The molecule has 0 unspecified atom stereocenters. The zero-order valence-corrected chi connectivity index (χ0v) is 13.0. The highest BCUT2D eigenvalue weighted by molar-refractivity contribution is 5.95. The highest BCUT2D eigenvalue weighted by Crippen LogP contribution is 2.16. The SMILES string of the molecule is CC(C)[C@H](N)C(=O)NCC(=O)Nc1cccc(N(C)C)c1. The molecule has 0 aromatic heterocycles. The second-order valence-corrected chi connectivity index (χ2v) is 5.48. The maximum atomic E-state index is 11.8. The summed E-state index contributed by atoms with van der Waals surface area (Å²) >= 11 is 0.